The van der Waals surface area contributed by atoms with Gasteiger partial charge in [-0.3, -0.25) is 9.59 Å². The van der Waals surface area contributed by atoms with Gasteiger partial charge in [0.1, 0.15) is 0 Å². The van der Waals surface area contributed by atoms with Gasteiger partial charge in [0.2, 0.25) is 0 Å². The van der Waals surface area contributed by atoms with Crippen molar-refractivity contribution in [3.63, 3.8) is 0 Å². The zero-order valence-corrected chi connectivity index (χ0v) is 74.2. The zero-order valence-electron chi connectivity index (χ0n) is 68.5. The van der Waals surface area contributed by atoms with Crippen molar-refractivity contribution in [3.8, 4) is 71.0 Å². The predicted octanol–water partition coefficient (Wildman–Crippen LogP) is 28.9. The van der Waals surface area contributed by atoms with E-state index >= 15 is 0 Å². The lowest BCUT2D eigenvalue weighted by atomic mass is 9.96. The Balaban J connectivity index is 1.38. The summed E-state index contributed by atoms with van der Waals surface area (Å²) in [4.78, 5) is 40.9. The van der Waals surface area contributed by atoms with Crippen molar-refractivity contribution in [3.05, 3.63) is 146 Å². The van der Waals surface area contributed by atoms with Crippen LogP contribution in [-0.4, -0.2) is 12.6 Å². The largest absolute Gasteiger partial charge is 0.297 e. The third-order valence-electron chi connectivity index (χ3n) is 20.8. The van der Waals surface area contributed by atoms with Gasteiger partial charge in [-0.1, -0.05) is 187 Å². The van der Waals surface area contributed by atoms with E-state index in [1.165, 1.54) is 117 Å². The number of thiophene rings is 7. The van der Waals surface area contributed by atoms with Gasteiger partial charge in [-0.25, -0.2) is 0 Å². The molecule has 0 atom stereocenters. The normalized spacial score (nSPS) is 11.0. The number of unbranched alkanes of at least 4 members (excludes halogenated alkanes) is 14. The summed E-state index contributed by atoms with van der Waals surface area (Å²) in [5.74, 6) is 46.5. The maximum absolute atomic E-state index is 12.6. The molecule has 0 unspecified atom stereocenters. The second kappa shape index (κ2) is 49.8. The van der Waals surface area contributed by atoms with Crippen LogP contribution in [0.4, 0.5) is 0 Å². The Kier molecular flexibility index (Phi) is 41.3. The van der Waals surface area contributed by atoms with Crippen LogP contribution >= 0.6 is 79.4 Å². The van der Waals surface area contributed by atoms with Crippen LogP contribution < -0.4 is 0 Å². The summed E-state index contributed by atoms with van der Waals surface area (Å²) < 4.78 is 0. The van der Waals surface area contributed by atoms with Crippen molar-refractivity contribution >= 4 is 91.9 Å². The van der Waals surface area contributed by atoms with Crippen molar-refractivity contribution in [2.75, 3.05) is 0 Å². The van der Waals surface area contributed by atoms with E-state index in [9.17, 15) is 9.59 Å². The van der Waals surface area contributed by atoms with Crippen molar-refractivity contribution in [1.82, 2.24) is 0 Å². The van der Waals surface area contributed by atoms with Crippen LogP contribution in [0.5, 0.6) is 0 Å². The maximum Gasteiger partial charge on any atom is 0.160 e. The number of hydrogen-bond acceptors (Lipinski definition) is 9. The van der Waals surface area contributed by atoms with Gasteiger partial charge in [0.05, 0.1) is 68.3 Å². The molecule has 0 bridgehead atoms. The van der Waals surface area contributed by atoms with E-state index in [-0.39, 0.29) is 0 Å². The van der Waals surface area contributed by atoms with Gasteiger partial charge in [-0.15, -0.1) is 79.4 Å². The Morgan fingerprint density at radius 1 is 0.168 bits per heavy atom. The van der Waals surface area contributed by atoms with Crippen LogP contribution in [0.15, 0.2) is 0 Å². The van der Waals surface area contributed by atoms with E-state index in [0.717, 1.165) is 312 Å². The highest BCUT2D eigenvalue weighted by atomic mass is 32.1. The van der Waals surface area contributed by atoms with Gasteiger partial charge in [0.15, 0.2) is 12.6 Å². The number of carbonyl (C=O) groups excluding carboxylic acids is 2. The van der Waals surface area contributed by atoms with E-state index < -0.39 is 0 Å². The molecule has 0 aliphatic carbocycles. The maximum atomic E-state index is 12.6. The molecule has 0 radical (unpaired) electrons. The first-order chi connectivity index (χ1) is 52.5. The molecule has 7 heterocycles. The Hall–Kier alpha value is -5.40. The van der Waals surface area contributed by atoms with Gasteiger partial charge in [-0.2, -0.15) is 0 Å². The Morgan fingerprint density at radius 2 is 0.271 bits per heavy atom. The average Bonchev–Trinajstić information content (AvgIpc) is 1.65. The third-order valence-corrected chi connectivity index (χ3v) is 28.5. The fourth-order valence-corrected chi connectivity index (χ4v) is 21.9. The molecule has 0 amide bonds. The summed E-state index contributed by atoms with van der Waals surface area (Å²) in [6, 6.07) is 0. The van der Waals surface area contributed by atoms with Gasteiger partial charge < -0.3 is 0 Å². The van der Waals surface area contributed by atoms with E-state index in [1.54, 1.807) is 22.7 Å². The number of rotatable bonds is 44. The summed E-state index contributed by atoms with van der Waals surface area (Å²) in [7, 11) is 0. The van der Waals surface area contributed by atoms with Crippen LogP contribution in [0.3, 0.4) is 0 Å². The van der Waals surface area contributed by atoms with Crippen molar-refractivity contribution < 1.29 is 9.59 Å². The fraction of sp³-hybridized carbons (Fsp3) is 0.571. The standard InChI is InChI=1S/C98H128O2S7/c1-15-29-43-71-72(44-30-16-2)86(58-60-88-74(46-32-18-4)76(48-34-20-6)90(103-88)62-64-92-78(50-36-22-8)80(52-38-24-10)94(105-92)66-68-96-82(54-40-26-12)84(56-42-28-14)98(70-100)107-96)101-85(71)57-59-87-73(45-31-17-3)75(47-33-19-5)89(102-87)61-63-91-77(49-35-21-7)79(51-37-23-9)93(104-91)65-67-95-81(53-39-25-11)83(55-41-27-13)97(69-99)106-95/h69-70H,15-56H2,1-14H3. The molecule has 0 saturated heterocycles. The first-order valence-electron chi connectivity index (χ1n) is 42.5. The lowest BCUT2D eigenvalue weighted by Crippen LogP contribution is -1.96. The highest BCUT2D eigenvalue weighted by Gasteiger charge is 2.25. The minimum atomic E-state index is 0.870. The fourth-order valence-electron chi connectivity index (χ4n) is 14.3. The molecule has 107 heavy (non-hydrogen) atoms. The quantitative estimate of drug-likeness (QED) is 0.0282. The van der Waals surface area contributed by atoms with E-state index in [1.807, 2.05) is 56.7 Å². The molecular formula is C98H128O2S7. The molecule has 0 fully saturated rings. The van der Waals surface area contributed by atoms with Crippen molar-refractivity contribution in [2.24, 2.45) is 0 Å². The molecule has 2 nitrogen and oxygen atoms in total. The average molecular weight is 1560 g/mol. The zero-order chi connectivity index (χ0) is 76.7. The van der Waals surface area contributed by atoms with Crippen LogP contribution in [0.25, 0.3) is 0 Å². The minimum absolute atomic E-state index is 0.870. The molecule has 574 valence electrons. The Bertz CT molecular complexity index is 4080. The smallest absolute Gasteiger partial charge is 0.160 e. The number of aldehydes is 2. The monoisotopic (exact) mass is 1560 g/mol. The Morgan fingerprint density at radius 3 is 0.383 bits per heavy atom. The summed E-state index contributed by atoms with van der Waals surface area (Å²) in [6.45, 7) is 32.1. The first kappa shape index (κ1) is 88.8. The summed E-state index contributed by atoms with van der Waals surface area (Å²) in [6.07, 6.45) is 47.4. The van der Waals surface area contributed by atoms with Gasteiger partial charge in [-0.05, 0) is 329 Å². The highest BCUT2D eigenvalue weighted by molar-refractivity contribution is 7.16. The van der Waals surface area contributed by atoms with Gasteiger partial charge in [0, 0.05) is 0 Å². The second-order valence-electron chi connectivity index (χ2n) is 29.3. The Labute approximate surface area is 679 Å². The molecule has 0 N–H and O–H groups in total. The number of hydrogen-bond donors (Lipinski definition) is 0. The number of carbonyl (C=O) groups is 2. The highest BCUT2D eigenvalue weighted by Crippen LogP contribution is 2.40. The SMILES string of the molecule is CCCCc1c(C#Cc2sc(C#Cc3sc(C#Cc4sc(C=O)c(CCCC)c4CCCC)c(CCCC)c3CCCC)c(CCCC)c2CCCC)sc(C#Cc2sc(C#Cc3sc(C#Cc4sc(C=O)c(CCCC)c4CCCC)c(CCCC)c3CCCC)c(CCCC)c2CCCC)c1CCCC. The second-order valence-corrected chi connectivity index (χ2v) is 36.5. The minimum Gasteiger partial charge on any atom is -0.297 e. The summed E-state index contributed by atoms with van der Waals surface area (Å²) in [5.41, 5.74) is 19.2. The predicted molar refractivity (Wildman–Crippen MR) is 477 cm³/mol. The summed E-state index contributed by atoms with van der Waals surface area (Å²) >= 11 is 12.4. The lowest BCUT2D eigenvalue weighted by molar-refractivity contribution is 0.111. The molecule has 0 aliphatic heterocycles. The summed E-state index contributed by atoms with van der Waals surface area (Å²) in [5, 5.41) is 0. The third kappa shape index (κ3) is 25.3. The molecular weight excluding hydrogens is 1430 g/mol. The van der Waals surface area contributed by atoms with Crippen LogP contribution in [-0.2, 0) is 89.9 Å². The van der Waals surface area contributed by atoms with Crippen molar-refractivity contribution in [1.29, 1.82) is 0 Å². The van der Waals surface area contributed by atoms with E-state index in [4.69, 9.17) is 0 Å². The van der Waals surface area contributed by atoms with Gasteiger partial charge >= 0.3 is 0 Å². The molecule has 0 saturated carbocycles. The molecule has 0 spiro atoms. The van der Waals surface area contributed by atoms with Gasteiger partial charge in [0.25, 0.3) is 0 Å². The first-order valence-corrected chi connectivity index (χ1v) is 48.2. The van der Waals surface area contributed by atoms with E-state index in [2.05, 4.69) is 168 Å². The van der Waals surface area contributed by atoms with E-state index in [0.29, 0.717) is 0 Å². The lowest BCUT2D eigenvalue weighted by Gasteiger charge is -2.06. The molecule has 9 heteroatoms. The van der Waals surface area contributed by atoms with Crippen LogP contribution in [0.2, 0.25) is 0 Å². The van der Waals surface area contributed by atoms with Crippen LogP contribution in [0, 0.1) is 71.0 Å². The molecule has 7 aromatic heterocycles. The molecule has 0 aromatic carbocycles. The topological polar surface area (TPSA) is 34.1 Å². The van der Waals surface area contributed by atoms with Crippen LogP contribution in [0.1, 0.15) is 432 Å². The molecule has 7 rings (SSSR count). The van der Waals surface area contributed by atoms with Crippen molar-refractivity contribution in [2.45, 2.75) is 367 Å². The molecule has 0 aliphatic rings. The molecule has 7 aromatic rings.